The fraction of sp³-hybridized carbons (Fsp3) is 0.467. The van der Waals surface area contributed by atoms with Crippen LogP contribution in [0.5, 0.6) is 5.75 Å². The molecule has 1 aromatic heterocycles. The Balaban J connectivity index is 1.54. The fourth-order valence-corrected chi connectivity index (χ4v) is 3.17. The number of morpholine rings is 1. The molecule has 25 heavy (non-hydrogen) atoms. The normalized spacial score (nSPS) is 19.0. The molecule has 0 amide bonds. The number of aromatic nitrogens is 2. The number of sulfonamides is 1. The third kappa shape index (κ3) is 4.74. The van der Waals surface area contributed by atoms with Crippen LogP contribution in [-0.4, -0.2) is 55.5 Å². The van der Waals surface area contributed by atoms with Crippen LogP contribution in [0.15, 0.2) is 28.7 Å². The third-order valence-electron chi connectivity index (χ3n) is 3.65. The van der Waals surface area contributed by atoms with Gasteiger partial charge in [0.25, 0.3) is 0 Å². The van der Waals surface area contributed by atoms with Gasteiger partial charge in [-0.2, -0.15) is 4.31 Å². The van der Waals surface area contributed by atoms with Gasteiger partial charge < -0.3 is 13.9 Å². The highest BCUT2D eigenvalue weighted by Crippen LogP contribution is 2.22. The van der Waals surface area contributed by atoms with Crippen LogP contribution in [0.4, 0.5) is 4.39 Å². The second-order valence-electron chi connectivity index (χ2n) is 5.57. The van der Waals surface area contributed by atoms with Gasteiger partial charge in [-0.15, -0.1) is 10.2 Å². The van der Waals surface area contributed by atoms with Crippen molar-refractivity contribution in [1.29, 1.82) is 0 Å². The molecule has 3 rings (SSSR count). The molecule has 0 bridgehead atoms. The van der Waals surface area contributed by atoms with Crippen molar-refractivity contribution in [2.75, 3.05) is 32.6 Å². The first-order valence-corrected chi connectivity index (χ1v) is 9.54. The summed E-state index contributed by atoms with van der Waals surface area (Å²) in [5.74, 6) is 0.812. The molecule has 1 fully saturated rings. The Bertz CT molecular complexity index is 809. The summed E-state index contributed by atoms with van der Waals surface area (Å²) in [6, 6.07) is 5.69. The van der Waals surface area contributed by atoms with Crippen molar-refractivity contribution in [2.24, 2.45) is 0 Å². The molecule has 0 N–H and O–H groups in total. The number of hydrogen-bond donors (Lipinski definition) is 0. The molecule has 0 radical (unpaired) electrons. The van der Waals surface area contributed by atoms with Crippen LogP contribution in [0.25, 0.3) is 0 Å². The quantitative estimate of drug-likeness (QED) is 0.752. The summed E-state index contributed by atoms with van der Waals surface area (Å²) >= 11 is 0. The van der Waals surface area contributed by atoms with Crippen LogP contribution in [0, 0.1) is 5.82 Å². The molecule has 1 saturated heterocycles. The van der Waals surface area contributed by atoms with E-state index in [1.807, 2.05) is 0 Å². The van der Waals surface area contributed by atoms with Crippen molar-refractivity contribution < 1.29 is 26.7 Å². The van der Waals surface area contributed by atoms with Crippen LogP contribution < -0.4 is 4.74 Å². The number of ether oxygens (including phenoxy) is 2. The monoisotopic (exact) mass is 371 g/mol. The molecule has 0 unspecified atom stereocenters. The second kappa shape index (κ2) is 7.46. The zero-order valence-corrected chi connectivity index (χ0v) is 14.4. The van der Waals surface area contributed by atoms with Gasteiger partial charge in [-0.05, 0) is 24.3 Å². The first kappa shape index (κ1) is 17.8. The van der Waals surface area contributed by atoms with E-state index in [-0.39, 0.29) is 31.5 Å². The molecular formula is C15H18FN3O5S. The lowest BCUT2D eigenvalue weighted by molar-refractivity contribution is -0.0176. The van der Waals surface area contributed by atoms with Crippen molar-refractivity contribution in [2.45, 2.75) is 12.5 Å². The number of rotatable bonds is 6. The third-order valence-corrected chi connectivity index (χ3v) is 4.92. The fourth-order valence-electron chi connectivity index (χ4n) is 2.36. The summed E-state index contributed by atoms with van der Waals surface area (Å²) in [6.45, 7) is 1.01. The van der Waals surface area contributed by atoms with Crippen LogP contribution in [-0.2, 0) is 21.2 Å². The molecule has 10 heteroatoms. The topological polar surface area (TPSA) is 94.8 Å². The first-order valence-electron chi connectivity index (χ1n) is 7.69. The maximum atomic E-state index is 12.8. The van der Waals surface area contributed by atoms with Gasteiger partial charge in [-0.25, -0.2) is 12.8 Å². The molecule has 8 nitrogen and oxygen atoms in total. The largest absolute Gasteiger partial charge is 0.493 e. The van der Waals surface area contributed by atoms with Crippen LogP contribution in [0.2, 0.25) is 0 Å². The van der Waals surface area contributed by atoms with E-state index < -0.39 is 16.1 Å². The minimum absolute atomic E-state index is 0.145. The summed E-state index contributed by atoms with van der Waals surface area (Å²) in [6.07, 6.45) is 0.941. The van der Waals surface area contributed by atoms with Gasteiger partial charge in [0.05, 0.1) is 25.9 Å². The summed E-state index contributed by atoms with van der Waals surface area (Å²) in [5.41, 5.74) is 0. The van der Waals surface area contributed by atoms with Crippen LogP contribution >= 0.6 is 0 Å². The molecule has 1 aliphatic rings. The van der Waals surface area contributed by atoms with Crippen LogP contribution in [0.3, 0.4) is 0 Å². The Kier molecular flexibility index (Phi) is 5.30. The second-order valence-corrected chi connectivity index (χ2v) is 7.55. The lowest BCUT2D eigenvalue weighted by Gasteiger charge is -2.29. The van der Waals surface area contributed by atoms with E-state index in [1.165, 1.54) is 28.6 Å². The van der Waals surface area contributed by atoms with E-state index >= 15 is 0 Å². The van der Waals surface area contributed by atoms with Gasteiger partial charge in [0.2, 0.25) is 21.8 Å². The molecule has 136 valence electrons. The minimum atomic E-state index is -3.29. The van der Waals surface area contributed by atoms with Crippen molar-refractivity contribution in [3.05, 3.63) is 41.9 Å². The SMILES string of the molecule is CS(=O)(=O)N1CCO[C@H](c2nnc(CCOc3ccc(F)cc3)o2)C1. The molecule has 2 heterocycles. The highest BCUT2D eigenvalue weighted by atomic mass is 32.2. The Labute approximate surface area is 144 Å². The summed E-state index contributed by atoms with van der Waals surface area (Å²) in [4.78, 5) is 0. The van der Waals surface area contributed by atoms with Crippen molar-refractivity contribution >= 4 is 10.0 Å². The van der Waals surface area contributed by atoms with E-state index in [9.17, 15) is 12.8 Å². The molecule has 0 spiro atoms. The van der Waals surface area contributed by atoms with E-state index in [0.29, 0.717) is 24.6 Å². The van der Waals surface area contributed by atoms with Crippen molar-refractivity contribution in [3.63, 3.8) is 0 Å². The van der Waals surface area contributed by atoms with E-state index in [2.05, 4.69) is 10.2 Å². The molecule has 2 aromatic rings. The van der Waals surface area contributed by atoms with Gasteiger partial charge in [0.1, 0.15) is 17.7 Å². The molecule has 1 aromatic carbocycles. The predicted molar refractivity (Wildman–Crippen MR) is 85.0 cm³/mol. The Morgan fingerprint density at radius 3 is 2.80 bits per heavy atom. The first-order chi connectivity index (χ1) is 11.9. The Morgan fingerprint density at radius 2 is 2.08 bits per heavy atom. The lowest BCUT2D eigenvalue weighted by Crippen LogP contribution is -2.41. The highest BCUT2D eigenvalue weighted by molar-refractivity contribution is 7.88. The summed E-state index contributed by atoms with van der Waals surface area (Å²) in [5, 5.41) is 7.84. The van der Waals surface area contributed by atoms with E-state index in [0.717, 1.165) is 6.26 Å². The average Bonchev–Trinajstić information content (AvgIpc) is 3.05. The zero-order valence-electron chi connectivity index (χ0n) is 13.6. The summed E-state index contributed by atoms with van der Waals surface area (Å²) in [7, 11) is -3.29. The molecular weight excluding hydrogens is 353 g/mol. The van der Waals surface area contributed by atoms with E-state index in [4.69, 9.17) is 13.9 Å². The molecule has 1 aliphatic heterocycles. The average molecular weight is 371 g/mol. The van der Waals surface area contributed by atoms with Crippen molar-refractivity contribution in [3.8, 4) is 5.75 Å². The van der Waals surface area contributed by atoms with Gasteiger partial charge in [0.15, 0.2) is 0 Å². The molecule has 1 atom stereocenters. The lowest BCUT2D eigenvalue weighted by atomic mass is 10.3. The van der Waals surface area contributed by atoms with Gasteiger partial charge in [0, 0.05) is 13.1 Å². The molecule has 0 aliphatic carbocycles. The van der Waals surface area contributed by atoms with E-state index in [1.54, 1.807) is 0 Å². The highest BCUT2D eigenvalue weighted by Gasteiger charge is 2.30. The van der Waals surface area contributed by atoms with Gasteiger partial charge >= 0.3 is 0 Å². The standard InChI is InChI=1S/C15H18FN3O5S/c1-25(20,21)19-7-9-23-13(10-19)15-18-17-14(24-15)6-8-22-12-4-2-11(16)3-5-12/h2-5,13H,6-10H2,1H3/t13-/m0/s1. The smallest absolute Gasteiger partial charge is 0.246 e. The van der Waals surface area contributed by atoms with Crippen LogP contribution in [0.1, 0.15) is 17.9 Å². The number of nitrogens with zero attached hydrogens (tertiary/aromatic N) is 3. The number of benzene rings is 1. The Morgan fingerprint density at radius 1 is 1.32 bits per heavy atom. The van der Waals surface area contributed by atoms with Gasteiger partial charge in [-0.3, -0.25) is 0 Å². The van der Waals surface area contributed by atoms with Gasteiger partial charge in [-0.1, -0.05) is 0 Å². The Hall–Kier alpha value is -2.04. The van der Waals surface area contributed by atoms with Crippen molar-refractivity contribution in [1.82, 2.24) is 14.5 Å². The number of halogens is 1. The maximum absolute atomic E-state index is 12.8. The number of hydrogen-bond acceptors (Lipinski definition) is 7. The maximum Gasteiger partial charge on any atom is 0.246 e. The summed E-state index contributed by atoms with van der Waals surface area (Å²) < 4.78 is 53.9. The molecule has 0 saturated carbocycles. The zero-order chi connectivity index (χ0) is 17.9. The minimum Gasteiger partial charge on any atom is -0.493 e. The predicted octanol–water partition coefficient (Wildman–Crippen LogP) is 1.16.